The number of rotatable bonds is 1. The molecule has 2 heteroatoms. The van der Waals surface area contributed by atoms with Gasteiger partial charge in [-0.1, -0.05) is 19.4 Å². The van der Waals surface area contributed by atoms with Crippen LogP contribution in [0.1, 0.15) is 30.8 Å². The molecule has 0 spiro atoms. The molecule has 1 aromatic rings. The van der Waals surface area contributed by atoms with E-state index in [1.807, 2.05) is 5.51 Å². The summed E-state index contributed by atoms with van der Waals surface area (Å²) in [6.45, 7) is 4.51. The van der Waals surface area contributed by atoms with Crippen molar-refractivity contribution in [2.75, 3.05) is 0 Å². The lowest BCUT2D eigenvalue weighted by Gasteiger charge is -2.15. The second kappa shape index (κ2) is 3.02. The van der Waals surface area contributed by atoms with Crippen LogP contribution in [0.4, 0.5) is 0 Å². The van der Waals surface area contributed by atoms with Crippen molar-refractivity contribution >= 4 is 17.4 Å². The van der Waals surface area contributed by atoms with Crippen LogP contribution in [0.5, 0.6) is 0 Å². The van der Waals surface area contributed by atoms with E-state index >= 15 is 0 Å². The second-order valence-corrected chi connectivity index (χ2v) is 4.47. The van der Waals surface area contributed by atoms with Crippen molar-refractivity contribution in [2.24, 2.45) is 5.92 Å². The summed E-state index contributed by atoms with van der Waals surface area (Å²) < 4.78 is 0. The van der Waals surface area contributed by atoms with E-state index in [1.165, 1.54) is 23.4 Å². The Bertz CT molecular complexity index is 309. The van der Waals surface area contributed by atoms with Crippen molar-refractivity contribution in [3.05, 3.63) is 21.7 Å². The molecule has 0 saturated heterocycles. The van der Waals surface area contributed by atoms with E-state index in [4.69, 9.17) is 0 Å². The predicted octanol–water partition coefficient (Wildman–Crippen LogP) is 3.13. The van der Waals surface area contributed by atoms with E-state index in [1.54, 1.807) is 16.9 Å². The van der Waals surface area contributed by atoms with Gasteiger partial charge < -0.3 is 0 Å². The van der Waals surface area contributed by atoms with Gasteiger partial charge in [0.15, 0.2) is 0 Å². The summed E-state index contributed by atoms with van der Waals surface area (Å²) in [5.74, 6) is 0.680. The predicted molar refractivity (Wildman–Crippen MR) is 53.3 cm³/mol. The fourth-order valence-corrected chi connectivity index (χ4v) is 2.29. The molecule has 0 aromatic carbocycles. The third kappa shape index (κ3) is 1.31. The zero-order chi connectivity index (χ0) is 8.55. The van der Waals surface area contributed by atoms with Gasteiger partial charge in [-0.3, -0.25) is 0 Å². The van der Waals surface area contributed by atoms with Gasteiger partial charge in [0, 0.05) is 4.88 Å². The van der Waals surface area contributed by atoms with Crippen molar-refractivity contribution in [3.8, 4) is 0 Å². The fraction of sp³-hybridized carbons (Fsp3) is 0.500. The molecule has 0 amide bonds. The minimum atomic E-state index is 0.680. The molecule has 1 nitrogen and oxygen atoms in total. The quantitative estimate of drug-likeness (QED) is 0.645. The molecule has 1 aliphatic rings. The Kier molecular flexibility index (Phi) is 2.01. The number of aromatic nitrogens is 1. The molecule has 0 aliphatic heterocycles. The molecule has 1 aromatic heterocycles. The first-order valence-corrected chi connectivity index (χ1v) is 5.28. The van der Waals surface area contributed by atoms with Gasteiger partial charge in [-0.05, 0) is 24.8 Å². The van der Waals surface area contributed by atoms with Crippen LogP contribution in [0.15, 0.2) is 11.1 Å². The average molecular weight is 179 g/mol. The molecule has 0 unspecified atom stereocenters. The van der Waals surface area contributed by atoms with Crippen LogP contribution >= 0.6 is 11.3 Å². The SMILES string of the molecule is CC(C)C1=Cc2ncsc2CC1. The second-order valence-electron chi connectivity index (χ2n) is 3.53. The van der Waals surface area contributed by atoms with Crippen molar-refractivity contribution in [1.82, 2.24) is 4.98 Å². The Morgan fingerprint density at radius 3 is 3.00 bits per heavy atom. The molecule has 2 rings (SSSR count). The van der Waals surface area contributed by atoms with E-state index in [0.29, 0.717) is 5.92 Å². The highest BCUT2D eigenvalue weighted by molar-refractivity contribution is 7.09. The Morgan fingerprint density at radius 2 is 2.25 bits per heavy atom. The van der Waals surface area contributed by atoms with E-state index < -0.39 is 0 Å². The maximum atomic E-state index is 4.33. The lowest BCUT2D eigenvalue weighted by molar-refractivity contribution is 0.711. The van der Waals surface area contributed by atoms with Crippen LogP contribution in [0.2, 0.25) is 0 Å². The van der Waals surface area contributed by atoms with E-state index in [9.17, 15) is 0 Å². The van der Waals surface area contributed by atoms with Crippen LogP contribution < -0.4 is 0 Å². The Balaban J connectivity index is 2.35. The largest absolute Gasteiger partial charge is 0.245 e. The molecule has 0 radical (unpaired) electrons. The van der Waals surface area contributed by atoms with Gasteiger partial charge in [0.1, 0.15) is 0 Å². The van der Waals surface area contributed by atoms with Gasteiger partial charge in [0.05, 0.1) is 11.2 Å². The first-order chi connectivity index (χ1) is 5.77. The van der Waals surface area contributed by atoms with Gasteiger partial charge >= 0.3 is 0 Å². The Labute approximate surface area is 77.2 Å². The normalized spacial score (nSPS) is 16.1. The zero-order valence-corrected chi connectivity index (χ0v) is 8.32. The summed E-state index contributed by atoms with van der Waals surface area (Å²) in [4.78, 5) is 5.79. The molecule has 0 fully saturated rings. The van der Waals surface area contributed by atoms with Gasteiger partial charge in [-0.2, -0.15) is 0 Å². The molecule has 64 valence electrons. The Hall–Kier alpha value is -0.630. The summed E-state index contributed by atoms with van der Waals surface area (Å²) in [7, 11) is 0. The van der Waals surface area contributed by atoms with Crippen LogP contribution in [0.25, 0.3) is 6.08 Å². The van der Waals surface area contributed by atoms with Gasteiger partial charge in [-0.25, -0.2) is 4.98 Å². The monoisotopic (exact) mass is 179 g/mol. The van der Waals surface area contributed by atoms with Crippen molar-refractivity contribution in [2.45, 2.75) is 26.7 Å². The van der Waals surface area contributed by atoms with E-state index in [0.717, 1.165) is 0 Å². The summed E-state index contributed by atoms with van der Waals surface area (Å²) in [5.41, 5.74) is 4.72. The van der Waals surface area contributed by atoms with E-state index in [2.05, 4.69) is 24.9 Å². The fourth-order valence-electron chi connectivity index (χ4n) is 1.54. The number of aryl methyl sites for hydroxylation is 1. The number of hydrogen-bond donors (Lipinski definition) is 0. The first-order valence-electron chi connectivity index (χ1n) is 4.40. The molecule has 1 heterocycles. The van der Waals surface area contributed by atoms with Crippen LogP contribution in [0.3, 0.4) is 0 Å². The summed E-state index contributed by atoms with van der Waals surface area (Å²) in [5, 5.41) is 0. The molecule has 12 heavy (non-hydrogen) atoms. The average Bonchev–Trinajstić information content (AvgIpc) is 2.49. The molecular weight excluding hydrogens is 166 g/mol. The highest BCUT2D eigenvalue weighted by atomic mass is 32.1. The summed E-state index contributed by atoms with van der Waals surface area (Å²) in [6.07, 6.45) is 4.69. The lowest BCUT2D eigenvalue weighted by atomic mass is 9.93. The van der Waals surface area contributed by atoms with Crippen molar-refractivity contribution in [3.63, 3.8) is 0 Å². The molecule has 0 N–H and O–H groups in total. The topological polar surface area (TPSA) is 12.9 Å². The number of allylic oxidation sites excluding steroid dienone is 1. The van der Waals surface area contributed by atoms with Crippen LogP contribution in [0, 0.1) is 5.92 Å². The van der Waals surface area contributed by atoms with Gasteiger partial charge in [0.25, 0.3) is 0 Å². The standard InChI is InChI=1S/C10H13NS/c1-7(2)8-3-4-10-9(5-8)11-6-12-10/h5-7H,3-4H2,1-2H3. The van der Waals surface area contributed by atoms with Crippen LogP contribution in [-0.2, 0) is 6.42 Å². The zero-order valence-electron chi connectivity index (χ0n) is 7.50. The number of fused-ring (bicyclic) bond motifs is 1. The smallest absolute Gasteiger partial charge is 0.0801 e. The minimum absolute atomic E-state index is 0.680. The third-order valence-electron chi connectivity index (χ3n) is 2.38. The third-order valence-corrected chi connectivity index (χ3v) is 3.29. The minimum Gasteiger partial charge on any atom is -0.245 e. The molecular formula is C10H13NS. The van der Waals surface area contributed by atoms with Crippen molar-refractivity contribution < 1.29 is 0 Å². The summed E-state index contributed by atoms with van der Waals surface area (Å²) >= 11 is 1.78. The van der Waals surface area contributed by atoms with Gasteiger partial charge in [-0.15, -0.1) is 11.3 Å². The number of nitrogens with zero attached hydrogens (tertiary/aromatic N) is 1. The molecule has 0 saturated carbocycles. The van der Waals surface area contributed by atoms with E-state index in [-0.39, 0.29) is 0 Å². The number of hydrogen-bond acceptors (Lipinski definition) is 2. The first kappa shape index (κ1) is 7.99. The summed E-state index contributed by atoms with van der Waals surface area (Å²) in [6, 6.07) is 0. The highest BCUT2D eigenvalue weighted by Crippen LogP contribution is 2.29. The highest BCUT2D eigenvalue weighted by Gasteiger charge is 2.13. The molecule has 0 bridgehead atoms. The maximum absolute atomic E-state index is 4.33. The van der Waals surface area contributed by atoms with Crippen molar-refractivity contribution in [1.29, 1.82) is 0 Å². The lowest BCUT2D eigenvalue weighted by Crippen LogP contribution is -2.01. The van der Waals surface area contributed by atoms with Crippen LogP contribution in [-0.4, -0.2) is 4.98 Å². The Morgan fingerprint density at radius 1 is 1.42 bits per heavy atom. The van der Waals surface area contributed by atoms with Gasteiger partial charge in [0.2, 0.25) is 0 Å². The number of thiazole rings is 1. The maximum Gasteiger partial charge on any atom is 0.0801 e. The molecule has 0 atom stereocenters. The molecule has 1 aliphatic carbocycles.